The molecule has 1 N–H and O–H groups in total. The van der Waals surface area contributed by atoms with Gasteiger partial charge in [-0.1, -0.05) is 6.92 Å². The molecule has 0 spiro atoms. The first-order valence-electron chi connectivity index (χ1n) is 2.23. The smallest absolute Gasteiger partial charge is 0.396 e. The van der Waals surface area contributed by atoms with E-state index in [2.05, 4.69) is 6.92 Å². The van der Waals surface area contributed by atoms with Crippen molar-refractivity contribution in [2.45, 2.75) is 20.3 Å². The molecule has 0 fully saturated rings. The molecule has 0 rings (SSSR count). The standard InChI is InChI=1S/C3H8O.C2H5.Mg/c1-2-3-4;1-2;/h4H,2-3H2,1H3;1H2,2H3;/q;-1;+2. The molecule has 0 atom stereocenters. The molecule has 0 saturated heterocycles. The van der Waals surface area contributed by atoms with Crippen LogP contribution in [0.25, 0.3) is 0 Å². The van der Waals surface area contributed by atoms with Crippen LogP contribution in [0.1, 0.15) is 20.3 Å². The molecule has 1 nitrogen and oxygen atoms in total. The number of rotatable bonds is 1. The van der Waals surface area contributed by atoms with Crippen molar-refractivity contribution in [1.82, 2.24) is 0 Å². The molecule has 0 radical (unpaired) electrons. The van der Waals surface area contributed by atoms with Crippen molar-refractivity contribution in [3.63, 3.8) is 0 Å². The molecule has 0 aliphatic heterocycles. The summed E-state index contributed by atoms with van der Waals surface area (Å²) in [6.07, 6.45) is 0.875. The Morgan fingerprint density at radius 3 is 1.57 bits per heavy atom. The van der Waals surface area contributed by atoms with Crippen LogP contribution in [0.5, 0.6) is 0 Å². The second kappa shape index (κ2) is 29.7. The molecule has 0 amide bonds. The molecule has 40 valence electrons. The molecule has 0 heterocycles. The zero-order valence-corrected chi connectivity index (χ0v) is 6.69. The average molecular weight is 113 g/mol. The van der Waals surface area contributed by atoms with Crippen molar-refractivity contribution < 1.29 is 5.11 Å². The van der Waals surface area contributed by atoms with Gasteiger partial charge in [0.25, 0.3) is 0 Å². The second-order valence-corrected chi connectivity index (χ2v) is 0.724. The van der Waals surface area contributed by atoms with Crippen molar-refractivity contribution >= 4 is 23.1 Å². The molecule has 0 aliphatic rings. The molecule has 0 aromatic carbocycles. The van der Waals surface area contributed by atoms with Gasteiger partial charge in [0, 0.05) is 6.61 Å². The Morgan fingerprint density at radius 1 is 1.43 bits per heavy atom. The summed E-state index contributed by atoms with van der Waals surface area (Å²) in [6, 6.07) is 0. The fourth-order valence-corrected chi connectivity index (χ4v) is 0. The molecule has 0 aromatic rings. The van der Waals surface area contributed by atoms with E-state index in [1.165, 1.54) is 0 Å². The van der Waals surface area contributed by atoms with Gasteiger partial charge in [0.15, 0.2) is 0 Å². The third-order valence-electron chi connectivity index (χ3n) is 0.224. The summed E-state index contributed by atoms with van der Waals surface area (Å²) in [5.41, 5.74) is 0. The first kappa shape index (κ1) is 15.6. The van der Waals surface area contributed by atoms with Crippen molar-refractivity contribution in [2.75, 3.05) is 6.61 Å². The van der Waals surface area contributed by atoms with E-state index in [0.717, 1.165) is 6.42 Å². The van der Waals surface area contributed by atoms with E-state index >= 15 is 0 Å². The monoisotopic (exact) mass is 113 g/mol. The number of aliphatic hydroxyl groups is 1. The van der Waals surface area contributed by atoms with Gasteiger partial charge in [0.2, 0.25) is 0 Å². The number of hydrogen-bond acceptors (Lipinski definition) is 1. The minimum Gasteiger partial charge on any atom is -0.396 e. The zero-order valence-electron chi connectivity index (χ0n) is 5.28. The molecular formula is C5H13MgO+. The van der Waals surface area contributed by atoms with Gasteiger partial charge in [0.05, 0.1) is 0 Å². The average Bonchev–Trinajstić information content (AvgIpc) is 1.72. The normalized spacial score (nSPS) is 5.14. The third-order valence-corrected chi connectivity index (χ3v) is 0.224. The van der Waals surface area contributed by atoms with E-state index < -0.39 is 0 Å². The van der Waals surface area contributed by atoms with Gasteiger partial charge < -0.3 is 12.0 Å². The van der Waals surface area contributed by atoms with Crippen LogP contribution in [0.4, 0.5) is 0 Å². The van der Waals surface area contributed by atoms with Gasteiger partial charge in [-0.05, 0) is 6.42 Å². The van der Waals surface area contributed by atoms with Crippen molar-refractivity contribution in [2.24, 2.45) is 0 Å². The van der Waals surface area contributed by atoms with Gasteiger partial charge in [-0.2, -0.15) is 6.92 Å². The second-order valence-electron chi connectivity index (χ2n) is 0.724. The Bertz CT molecular complexity index is 10.0. The van der Waals surface area contributed by atoms with Gasteiger partial charge in [-0.15, -0.1) is 0 Å². The quantitative estimate of drug-likeness (QED) is 0.395. The van der Waals surface area contributed by atoms with E-state index in [-0.39, 0.29) is 23.1 Å². The van der Waals surface area contributed by atoms with E-state index in [4.69, 9.17) is 5.11 Å². The summed E-state index contributed by atoms with van der Waals surface area (Å²) in [6.45, 7) is 7.25. The van der Waals surface area contributed by atoms with E-state index in [0.29, 0.717) is 6.61 Å². The maximum Gasteiger partial charge on any atom is 2.00 e. The van der Waals surface area contributed by atoms with Crippen LogP contribution in [0.3, 0.4) is 0 Å². The van der Waals surface area contributed by atoms with E-state index in [9.17, 15) is 0 Å². The fraction of sp³-hybridized carbons (Fsp3) is 0.800. The minimum absolute atomic E-state index is 0. The maximum absolute atomic E-state index is 7.88. The van der Waals surface area contributed by atoms with Crippen LogP contribution in [0, 0.1) is 6.92 Å². The fourth-order valence-electron chi connectivity index (χ4n) is 0. The Kier molecular flexibility index (Phi) is 66.3. The Hall–Kier alpha value is 0.726. The summed E-state index contributed by atoms with van der Waals surface area (Å²) >= 11 is 0. The van der Waals surface area contributed by atoms with Crippen LogP contribution < -0.4 is 0 Å². The minimum atomic E-state index is 0. The zero-order chi connectivity index (χ0) is 5.41. The molecule has 0 unspecified atom stereocenters. The first-order chi connectivity index (χ1) is 2.91. The maximum atomic E-state index is 7.88. The van der Waals surface area contributed by atoms with Crippen LogP contribution in [0.2, 0.25) is 0 Å². The predicted molar refractivity (Wildman–Crippen MR) is 34.2 cm³/mol. The van der Waals surface area contributed by atoms with Crippen molar-refractivity contribution in [3.8, 4) is 0 Å². The van der Waals surface area contributed by atoms with E-state index in [1.807, 2.05) is 6.92 Å². The third kappa shape index (κ3) is 50.4. The Labute approximate surface area is 62.3 Å². The van der Waals surface area contributed by atoms with Crippen molar-refractivity contribution in [1.29, 1.82) is 0 Å². The molecule has 2 heteroatoms. The van der Waals surface area contributed by atoms with Gasteiger partial charge in [0.1, 0.15) is 0 Å². The van der Waals surface area contributed by atoms with Crippen LogP contribution in [-0.4, -0.2) is 34.8 Å². The Balaban J connectivity index is -0.0000000480. The molecular weight excluding hydrogens is 100 g/mol. The topological polar surface area (TPSA) is 20.2 Å². The number of hydrogen-bond donors (Lipinski definition) is 1. The molecule has 7 heavy (non-hydrogen) atoms. The van der Waals surface area contributed by atoms with Gasteiger partial charge in [-0.3, -0.25) is 0 Å². The van der Waals surface area contributed by atoms with Crippen molar-refractivity contribution in [3.05, 3.63) is 6.92 Å². The first-order valence-corrected chi connectivity index (χ1v) is 2.23. The van der Waals surface area contributed by atoms with Crippen LogP contribution in [-0.2, 0) is 0 Å². The molecule has 0 bridgehead atoms. The van der Waals surface area contributed by atoms with Gasteiger partial charge >= 0.3 is 23.1 Å². The summed E-state index contributed by atoms with van der Waals surface area (Å²) < 4.78 is 0. The summed E-state index contributed by atoms with van der Waals surface area (Å²) in [7, 11) is 0. The van der Waals surface area contributed by atoms with Gasteiger partial charge in [-0.25, -0.2) is 0 Å². The summed E-state index contributed by atoms with van der Waals surface area (Å²) in [5, 5.41) is 7.88. The molecule has 0 saturated carbocycles. The predicted octanol–water partition coefficient (Wildman–Crippen LogP) is 0.848. The van der Waals surface area contributed by atoms with Crippen LogP contribution >= 0.6 is 0 Å². The molecule has 0 aliphatic carbocycles. The van der Waals surface area contributed by atoms with Crippen LogP contribution in [0.15, 0.2) is 0 Å². The Morgan fingerprint density at radius 2 is 1.57 bits per heavy atom. The summed E-state index contributed by atoms with van der Waals surface area (Å²) in [5.74, 6) is 0. The molecule has 0 aromatic heterocycles. The number of aliphatic hydroxyl groups excluding tert-OH is 1. The SMILES string of the molecule is CCCO.[CH2-]C.[Mg+2]. The largest absolute Gasteiger partial charge is 2.00 e. The van der Waals surface area contributed by atoms with E-state index in [1.54, 1.807) is 6.92 Å². The summed E-state index contributed by atoms with van der Waals surface area (Å²) in [4.78, 5) is 0.